The molecule has 1 N–H and O–H groups in total. The Morgan fingerprint density at radius 3 is 2.90 bits per heavy atom. The zero-order valence-corrected chi connectivity index (χ0v) is 18.9. The van der Waals surface area contributed by atoms with Crippen LogP contribution in [-0.4, -0.2) is 35.9 Å². The molecule has 1 aromatic carbocycles. The second kappa shape index (κ2) is 9.62. The molecule has 156 valence electrons. The van der Waals surface area contributed by atoms with Crippen molar-refractivity contribution in [3.05, 3.63) is 52.9 Å². The van der Waals surface area contributed by atoms with Crippen LogP contribution >= 0.6 is 23.1 Å². The number of piperidine rings is 1. The minimum Gasteiger partial charge on any atom is -0.371 e. The third-order valence-corrected chi connectivity index (χ3v) is 7.08. The number of amides is 1. The molecule has 1 aliphatic heterocycles. The first-order valence-electron chi connectivity index (χ1n) is 10.2. The highest BCUT2D eigenvalue weighted by molar-refractivity contribution is 8.00. The van der Waals surface area contributed by atoms with Crippen molar-refractivity contribution in [2.75, 3.05) is 23.7 Å². The predicted octanol–water partition coefficient (Wildman–Crippen LogP) is 5.02. The molecule has 1 amide bonds. The number of hydrogen-bond acceptors (Lipinski definition) is 6. The molecule has 4 rings (SSSR count). The third kappa shape index (κ3) is 5.21. The number of carbonyl (C=O) groups is 1. The predicted molar refractivity (Wildman–Crippen MR) is 128 cm³/mol. The van der Waals surface area contributed by atoms with Gasteiger partial charge in [-0.3, -0.25) is 9.78 Å². The Morgan fingerprint density at radius 2 is 2.13 bits per heavy atom. The Kier molecular flexibility index (Phi) is 6.69. The number of thiophene rings is 1. The van der Waals surface area contributed by atoms with E-state index in [1.54, 1.807) is 17.6 Å². The molecule has 0 aliphatic carbocycles. The largest absolute Gasteiger partial charge is 0.371 e. The summed E-state index contributed by atoms with van der Waals surface area (Å²) in [4.78, 5) is 21.3. The van der Waals surface area contributed by atoms with Gasteiger partial charge in [0.15, 0.2) is 0 Å². The van der Waals surface area contributed by atoms with E-state index in [1.165, 1.54) is 23.9 Å². The quantitative estimate of drug-likeness (QED) is 0.333. The van der Waals surface area contributed by atoms with Crippen LogP contribution in [0.5, 0.6) is 0 Å². The van der Waals surface area contributed by atoms with Crippen molar-refractivity contribution < 1.29 is 4.79 Å². The lowest BCUT2D eigenvalue weighted by atomic mass is 9.91. The normalized spacial score (nSPS) is 19.5. The summed E-state index contributed by atoms with van der Waals surface area (Å²) in [6, 6.07) is 12.4. The second-order valence-electron chi connectivity index (χ2n) is 7.96. The second-order valence-corrected chi connectivity index (χ2v) is 9.96. The van der Waals surface area contributed by atoms with Crippen molar-refractivity contribution in [1.82, 2.24) is 10.4 Å². The minimum absolute atomic E-state index is 0.118. The van der Waals surface area contributed by atoms with Gasteiger partial charge >= 0.3 is 0 Å². The van der Waals surface area contributed by atoms with Crippen LogP contribution in [0.25, 0.3) is 10.9 Å². The van der Waals surface area contributed by atoms with Gasteiger partial charge in [-0.25, -0.2) is 5.43 Å². The monoisotopic (exact) mass is 438 g/mol. The number of anilines is 1. The number of benzene rings is 1. The van der Waals surface area contributed by atoms with Gasteiger partial charge in [0, 0.05) is 40.1 Å². The van der Waals surface area contributed by atoms with Gasteiger partial charge in [-0.15, -0.1) is 23.1 Å². The Morgan fingerprint density at radius 1 is 1.30 bits per heavy atom. The van der Waals surface area contributed by atoms with Gasteiger partial charge in [-0.1, -0.05) is 19.9 Å². The summed E-state index contributed by atoms with van der Waals surface area (Å²) in [5.74, 6) is 1.59. The first kappa shape index (κ1) is 20.9. The van der Waals surface area contributed by atoms with Crippen LogP contribution in [0.3, 0.4) is 0 Å². The summed E-state index contributed by atoms with van der Waals surface area (Å²) in [5.41, 5.74) is 4.80. The minimum atomic E-state index is -0.118. The van der Waals surface area contributed by atoms with Gasteiger partial charge in [-0.2, -0.15) is 5.10 Å². The Balaban J connectivity index is 1.45. The van der Waals surface area contributed by atoms with E-state index < -0.39 is 0 Å². The number of carbonyl (C=O) groups excluding carboxylic acids is 1. The van der Waals surface area contributed by atoms with E-state index >= 15 is 0 Å². The average molecular weight is 439 g/mol. The summed E-state index contributed by atoms with van der Waals surface area (Å²) < 4.78 is 0. The molecule has 1 aliphatic rings. The Hall–Kier alpha value is -2.38. The Bertz CT molecular complexity index is 1020. The van der Waals surface area contributed by atoms with Crippen LogP contribution in [0.4, 0.5) is 5.69 Å². The van der Waals surface area contributed by atoms with Crippen LogP contribution in [-0.2, 0) is 4.79 Å². The van der Waals surface area contributed by atoms with Crippen molar-refractivity contribution in [3.8, 4) is 0 Å². The molecule has 0 saturated carbocycles. The molecule has 3 heterocycles. The van der Waals surface area contributed by atoms with Crippen LogP contribution in [0.2, 0.25) is 0 Å². The van der Waals surface area contributed by atoms with Crippen molar-refractivity contribution in [1.29, 1.82) is 0 Å². The van der Waals surface area contributed by atoms with Gasteiger partial charge in [0.1, 0.15) is 0 Å². The maximum Gasteiger partial charge on any atom is 0.250 e. The lowest BCUT2D eigenvalue weighted by molar-refractivity contribution is -0.118. The summed E-state index contributed by atoms with van der Waals surface area (Å²) in [6.45, 7) is 6.82. The van der Waals surface area contributed by atoms with E-state index in [0.717, 1.165) is 33.8 Å². The molecule has 2 atom stereocenters. The molecule has 2 aromatic heterocycles. The van der Waals surface area contributed by atoms with Gasteiger partial charge in [0.05, 0.1) is 17.5 Å². The fourth-order valence-corrected chi connectivity index (χ4v) is 5.43. The van der Waals surface area contributed by atoms with E-state index in [2.05, 4.69) is 52.5 Å². The number of nitrogens with one attached hydrogen (secondary N) is 1. The van der Waals surface area contributed by atoms with Crippen molar-refractivity contribution in [2.45, 2.75) is 25.2 Å². The molecule has 1 fully saturated rings. The van der Waals surface area contributed by atoms with Crippen LogP contribution in [0, 0.1) is 11.8 Å². The highest BCUT2D eigenvalue weighted by Gasteiger charge is 2.22. The number of aromatic nitrogens is 1. The number of thioether (sulfide) groups is 1. The maximum atomic E-state index is 12.2. The molecule has 2 unspecified atom stereocenters. The number of hydrogen-bond donors (Lipinski definition) is 1. The third-order valence-electron chi connectivity index (χ3n) is 5.20. The molecule has 1 saturated heterocycles. The molecule has 0 radical (unpaired) electrons. The lowest BCUT2D eigenvalue weighted by Gasteiger charge is -2.36. The van der Waals surface area contributed by atoms with E-state index in [0.29, 0.717) is 17.6 Å². The topological polar surface area (TPSA) is 57.6 Å². The van der Waals surface area contributed by atoms with Crippen LogP contribution in [0.1, 0.15) is 25.1 Å². The van der Waals surface area contributed by atoms with Crippen LogP contribution < -0.4 is 10.3 Å². The number of rotatable bonds is 6. The molecule has 5 nitrogen and oxygen atoms in total. The molecular formula is C23H26N4OS2. The molecular weight excluding hydrogens is 412 g/mol. The fraction of sp³-hybridized carbons (Fsp3) is 0.348. The van der Waals surface area contributed by atoms with Crippen molar-refractivity contribution in [2.24, 2.45) is 16.9 Å². The molecule has 3 aromatic rings. The van der Waals surface area contributed by atoms with Crippen molar-refractivity contribution in [3.63, 3.8) is 0 Å². The van der Waals surface area contributed by atoms with Crippen LogP contribution in [0.15, 0.2) is 58.0 Å². The summed E-state index contributed by atoms with van der Waals surface area (Å²) in [6.07, 6.45) is 4.76. The molecule has 7 heteroatoms. The number of pyridine rings is 1. The lowest BCUT2D eigenvalue weighted by Crippen LogP contribution is -2.38. The Labute approximate surface area is 185 Å². The van der Waals surface area contributed by atoms with Crippen molar-refractivity contribution >= 4 is 51.8 Å². The van der Waals surface area contributed by atoms with E-state index in [-0.39, 0.29) is 5.91 Å². The fourth-order valence-electron chi connectivity index (χ4n) is 4.01. The molecule has 0 bridgehead atoms. The van der Waals surface area contributed by atoms with E-state index in [9.17, 15) is 4.79 Å². The van der Waals surface area contributed by atoms with E-state index in [1.807, 2.05) is 29.8 Å². The van der Waals surface area contributed by atoms with Gasteiger partial charge in [-0.05, 0) is 54.0 Å². The van der Waals surface area contributed by atoms with Gasteiger partial charge in [0.25, 0.3) is 0 Å². The van der Waals surface area contributed by atoms with E-state index in [4.69, 9.17) is 0 Å². The summed E-state index contributed by atoms with van der Waals surface area (Å²) in [5, 5.41) is 7.11. The van der Waals surface area contributed by atoms with Gasteiger partial charge in [0.2, 0.25) is 5.91 Å². The standard InChI is InChI=1S/C23H26N4OS2/c1-16-10-17(2)14-27(13-16)18-5-6-21-20(11-18)22(7-8-24-21)30-15-23(28)26-25-12-19-4-3-9-29-19/h3-9,11-12,16-17H,10,13-15H2,1-2H3,(H,26,28)/b25-12+. The highest BCUT2D eigenvalue weighted by Crippen LogP contribution is 2.32. The summed E-state index contributed by atoms with van der Waals surface area (Å²) >= 11 is 3.10. The van der Waals surface area contributed by atoms with Gasteiger partial charge < -0.3 is 4.90 Å². The zero-order chi connectivity index (χ0) is 20.9. The highest BCUT2D eigenvalue weighted by atomic mass is 32.2. The molecule has 0 spiro atoms. The first-order chi connectivity index (χ1) is 14.6. The maximum absolute atomic E-state index is 12.2. The SMILES string of the molecule is CC1CC(C)CN(c2ccc3nccc(SCC(=O)N/N=C/c4cccs4)c3c2)C1. The smallest absolute Gasteiger partial charge is 0.250 e. The average Bonchev–Trinajstić information content (AvgIpc) is 3.24. The number of hydrazone groups is 1. The summed E-state index contributed by atoms with van der Waals surface area (Å²) in [7, 11) is 0. The first-order valence-corrected chi connectivity index (χ1v) is 12.1. The zero-order valence-electron chi connectivity index (χ0n) is 17.2. The molecule has 30 heavy (non-hydrogen) atoms. The number of nitrogens with zero attached hydrogens (tertiary/aromatic N) is 3. The number of fused-ring (bicyclic) bond motifs is 1.